The number of imide groups is 2. The van der Waals surface area contributed by atoms with Crippen molar-refractivity contribution in [2.75, 3.05) is 36.4 Å². The van der Waals surface area contributed by atoms with Gasteiger partial charge in [-0.05, 0) is 49.4 Å². The number of hydrogen-bond acceptors (Lipinski definition) is 12. The summed E-state index contributed by atoms with van der Waals surface area (Å²) in [6, 6.07) is 22.5. The SMILES string of the molecule is COc1cc(O)ccc1[C@H]1C2=CC[C@@H]3C(=O)N(c4cc([N+](=O)[O-])c(N(C)C)c([N+](=O)[O-])c4)C(=O)[C@@H]3[C@@H]2C[C@H]2C(=O)N(Nc3ccc(C)cc3)C(=O)[C@@]12c1ccccc1. The molecule has 0 bridgehead atoms. The van der Waals surface area contributed by atoms with E-state index >= 15 is 4.79 Å². The van der Waals surface area contributed by atoms with Gasteiger partial charge in [0, 0.05) is 43.8 Å². The van der Waals surface area contributed by atoms with Crippen LogP contribution in [0.5, 0.6) is 11.5 Å². The van der Waals surface area contributed by atoms with Crippen molar-refractivity contribution in [1.82, 2.24) is 5.01 Å². The van der Waals surface area contributed by atoms with Crippen LogP contribution in [-0.2, 0) is 24.6 Å². The number of nitro benzene ring substituents is 2. The Balaban J connectivity index is 1.32. The highest BCUT2D eigenvalue weighted by Crippen LogP contribution is 2.65. The highest BCUT2D eigenvalue weighted by Gasteiger charge is 2.70. The minimum absolute atomic E-state index is 0.0252. The number of anilines is 3. The monoisotopic (exact) mass is 786 g/mol. The Morgan fingerprint density at radius 2 is 1.52 bits per heavy atom. The summed E-state index contributed by atoms with van der Waals surface area (Å²) in [5, 5.41) is 36.1. The Hall–Kier alpha value is -7.10. The van der Waals surface area contributed by atoms with Gasteiger partial charge in [-0.1, -0.05) is 65.7 Å². The van der Waals surface area contributed by atoms with Gasteiger partial charge in [0.15, 0.2) is 5.69 Å². The van der Waals surface area contributed by atoms with Crippen molar-refractivity contribution in [2.24, 2.45) is 23.7 Å². The average molecular weight is 787 g/mol. The zero-order chi connectivity index (χ0) is 41.4. The number of phenolic OH excluding ortho intramolecular Hbond substituents is 1. The molecular formula is C42H38N6O10. The number of phenols is 1. The van der Waals surface area contributed by atoms with E-state index in [0.717, 1.165) is 27.6 Å². The Labute approximate surface area is 331 Å². The number of nitrogens with one attached hydrogen (secondary N) is 1. The zero-order valence-electron chi connectivity index (χ0n) is 31.8. The molecule has 6 atom stereocenters. The second-order valence-electron chi connectivity index (χ2n) is 15.3. The molecule has 58 heavy (non-hydrogen) atoms. The maximum absolute atomic E-state index is 15.4. The first-order valence-corrected chi connectivity index (χ1v) is 18.6. The third kappa shape index (κ3) is 5.49. The second-order valence-corrected chi connectivity index (χ2v) is 15.3. The molecule has 2 heterocycles. The summed E-state index contributed by atoms with van der Waals surface area (Å²) >= 11 is 0. The summed E-state index contributed by atoms with van der Waals surface area (Å²) in [6.45, 7) is 1.91. The highest BCUT2D eigenvalue weighted by atomic mass is 16.6. The topological polar surface area (TPSA) is 206 Å². The maximum atomic E-state index is 15.4. The molecule has 296 valence electrons. The molecule has 2 aliphatic carbocycles. The van der Waals surface area contributed by atoms with Gasteiger partial charge in [-0.15, -0.1) is 0 Å². The van der Waals surface area contributed by atoms with E-state index in [2.05, 4.69) is 5.43 Å². The Bertz CT molecular complexity index is 2430. The minimum Gasteiger partial charge on any atom is -0.508 e. The van der Waals surface area contributed by atoms with E-state index in [4.69, 9.17) is 4.74 Å². The molecule has 4 aromatic rings. The van der Waals surface area contributed by atoms with Crippen molar-refractivity contribution in [3.05, 3.63) is 133 Å². The third-order valence-corrected chi connectivity index (χ3v) is 12.1. The quantitative estimate of drug-likeness (QED) is 0.0897. The molecule has 4 aliphatic rings. The van der Waals surface area contributed by atoms with Gasteiger partial charge in [0.2, 0.25) is 11.8 Å². The van der Waals surface area contributed by atoms with Crippen LogP contribution >= 0.6 is 0 Å². The largest absolute Gasteiger partial charge is 0.508 e. The number of rotatable bonds is 9. The van der Waals surface area contributed by atoms with E-state index in [1.54, 1.807) is 48.5 Å². The standard InChI is InChI=1S/C42H38N6O10/c1-22-10-12-24(13-11-22)43-46-39(51)31-21-30-27(36(28-15-14-26(49)20-34(28)58-4)42(31,41(46)53)23-8-6-5-7-9-23)16-17-29-35(30)40(52)45(38(29)50)25-18-32(47(54)55)37(44(2)3)33(19-25)48(56)57/h5-16,18-20,29-31,35-36,43,49H,17,21H2,1-4H3/t29-,30+,31-,35-,36+,42+/m0/s1. The first-order valence-electron chi connectivity index (χ1n) is 18.6. The van der Waals surface area contributed by atoms with E-state index in [-0.39, 0.29) is 35.7 Å². The number of amides is 4. The van der Waals surface area contributed by atoms with Crippen LogP contribution < -0.4 is 20.0 Å². The van der Waals surface area contributed by atoms with Crippen LogP contribution in [-0.4, -0.2) is 64.8 Å². The molecule has 0 aromatic heterocycles. The molecule has 16 heteroatoms. The van der Waals surface area contributed by atoms with Crippen molar-refractivity contribution in [3.63, 3.8) is 0 Å². The van der Waals surface area contributed by atoms with E-state index in [1.165, 1.54) is 38.2 Å². The molecule has 3 fully saturated rings. The van der Waals surface area contributed by atoms with Crippen LogP contribution in [0.15, 0.2) is 96.6 Å². The van der Waals surface area contributed by atoms with Gasteiger partial charge in [0.1, 0.15) is 11.5 Å². The van der Waals surface area contributed by atoms with Crippen LogP contribution in [0.3, 0.4) is 0 Å². The molecule has 4 aromatic carbocycles. The summed E-state index contributed by atoms with van der Waals surface area (Å²) < 4.78 is 5.82. The fourth-order valence-corrected chi connectivity index (χ4v) is 9.74. The molecule has 2 aliphatic heterocycles. The van der Waals surface area contributed by atoms with E-state index in [1.807, 2.05) is 25.1 Å². The minimum atomic E-state index is -1.61. The fourth-order valence-electron chi connectivity index (χ4n) is 9.74. The Kier molecular flexibility index (Phi) is 9.01. The molecule has 1 saturated carbocycles. The Morgan fingerprint density at radius 1 is 0.862 bits per heavy atom. The molecule has 2 N–H and O–H groups in total. The van der Waals surface area contributed by atoms with Crippen LogP contribution in [0.2, 0.25) is 0 Å². The van der Waals surface area contributed by atoms with Gasteiger partial charge in [-0.3, -0.25) is 44.8 Å². The number of aryl methyl sites for hydroxylation is 1. The number of nitro groups is 2. The lowest BCUT2D eigenvalue weighted by Gasteiger charge is -2.50. The number of benzene rings is 4. The van der Waals surface area contributed by atoms with Gasteiger partial charge < -0.3 is 14.7 Å². The van der Waals surface area contributed by atoms with Crippen LogP contribution in [0.1, 0.15) is 35.4 Å². The summed E-state index contributed by atoms with van der Waals surface area (Å²) in [7, 11) is 4.24. The Morgan fingerprint density at radius 3 is 2.12 bits per heavy atom. The van der Waals surface area contributed by atoms with E-state index in [9.17, 15) is 39.7 Å². The lowest BCUT2D eigenvalue weighted by atomic mass is 9.49. The van der Waals surface area contributed by atoms with Gasteiger partial charge in [-0.25, -0.2) is 4.90 Å². The second kappa shape index (κ2) is 13.8. The van der Waals surface area contributed by atoms with Crippen LogP contribution in [0.4, 0.5) is 28.4 Å². The number of ether oxygens (including phenoxy) is 1. The fraction of sp³-hybridized carbons (Fsp3) is 0.286. The number of aromatic hydroxyl groups is 1. The first kappa shape index (κ1) is 37.8. The molecule has 16 nitrogen and oxygen atoms in total. The van der Waals surface area contributed by atoms with E-state index in [0.29, 0.717) is 22.4 Å². The molecule has 0 unspecified atom stereocenters. The first-order chi connectivity index (χ1) is 27.7. The van der Waals surface area contributed by atoms with Gasteiger partial charge in [0.25, 0.3) is 11.8 Å². The third-order valence-electron chi connectivity index (χ3n) is 12.1. The molecule has 0 radical (unpaired) electrons. The van der Waals surface area contributed by atoms with E-state index < -0.39 is 79.9 Å². The average Bonchev–Trinajstić information content (AvgIpc) is 3.59. The van der Waals surface area contributed by atoms with Gasteiger partial charge in [0.05, 0.1) is 51.5 Å². The zero-order valence-corrected chi connectivity index (χ0v) is 31.8. The molecule has 2 saturated heterocycles. The number of nitrogens with zero attached hydrogens (tertiary/aromatic N) is 5. The summed E-state index contributed by atoms with van der Waals surface area (Å²) in [5.74, 6) is -7.36. The summed E-state index contributed by atoms with van der Waals surface area (Å²) in [6.07, 6.45) is 1.81. The molecule has 0 spiro atoms. The number of carbonyl (C=O) groups excluding carboxylic acids is 4. The molecular weight excluding hydrogens is 748 g/mol. The molecule has 4 amide bonds. The van der Waals surface area contributed by atoms with Crippen molar-refractivity contribution < 1.29 is 38.9 Å². The number of allylic oxidation sites excluding steroid dienone is 2. The van der Waals surface area contributed by atoms with Gasteiger partial charge >= 0.3 is 11.4 Å². The van der Waals surface area contributed by atoms with Crippen molar-refractivity contribution in [3.8, 4) is 11.5 Å². The number of fused-ring (bicyclic) bond motifs is 4. The predicted octanol–water partition coefficient (Wildman–Crippen LogP) is 5.78. The predicted molar refractivity (Wildman–Crippen MR) is 210 cm³/mol. The van der Waals surface area contributed by atoms with Crippen molar-refractivity contribution in [2.45, 2.75) is 31.1 Å². The molecule has 8 rings (SSSR count). The maximum Gasteiger partial charge on any atom is 0.301 e. The number of hydrogen-bond donors (Lipinski definition) is 2. The highest BCUT2D eigenvalue weighted by molar-refractivity contribution is 6.23. The smallest absolute Gasteiger partial charge is 0.301 e. The number of carbonyl (C=O) groups is 4. The normalized spacial score (nSPS) is 24.8. The summed E-state index contributed by atoms with van der Waals surface area (Å²) in [5.41, 5.74) is 2.53. The van der Waals surface area contributed by atoms with Crippen molar-refractivity contribution in [1.29, 1.82) is 0 Å². The van der Waals surface area contributed by atoms with Gasteiger partial charge in [-0.2, -0.15) is 5.01 Å². The number of methoxy groups -OCH3 is 1. The lowest BCUT2D eigenvalue weighted by Crippen LogP contribution is -2.53. The number of hydrazine groups is 1. The van der Waals surface area contributed by atoms with Crippen molar-refractivity contribution >= 4 is 52.1 Å². The lowest BCUT2D eigenvalue weighted by molar-refractivity contribution is -0.392. The van der Waals surface area contributed by atoms with Crippen LogP contribution in [0.25, 0.3) is 0 Å². The summed E-state index contributed by atoms with van der Waals surface area (Å²) in [4.78, 5) is 84.4. The van der Waals surface area contributed by atoms with Crippen LogP contribution in [0, 0.1) is 50.8 Å².